The van der Waals surface area contributed by atoms with Crippen molar-refractivity contribution in [1.82, 2.24) is 9.78 Å². The van der Waals surface area contributed by atoms with Crippen LogP contribution in [0.2, 0.25) is 0 Å². The second-order valence-corrected chi connectivity index (χ2v) is 3.37. The van der Waals surface area contributed by atoms with Gasteiger partial charge >= 0.3 is 0 Å². The minimum Gasteiger partial charge on any atom is -0.488 e. The Kier molecular flexibility index (Phi) is 3.56. The summed E-state index contributed by atoms with van der Waals surface area (Å²) in [6.45, 7) is 1.53. The van der Waals surface area contributed by atoms with Crippen LogP contribution in [0.5, 0.6) is 5.75 Å². The van der Waals surface area contributed by atoms with E-state index in [1.807, 2.05) is 46.5 Å². The minimum atomic E-state index is 0.671. The number of aromatic nitrogens is 2. The van der Waals surface area contributed by atoms with E-state index in [0.717, 1.165) is 18.0 Å². The van der Waals surface area contributed by atoms with Crippen LogP contribution in [0.25, 0.3) is 5.69 Å². The molecule has 1 aromatic heterocycles. The van der Waals surface area contributed by atoms with Gasteiger partial charge in [-0.3, -0.25) is 0 Å². The van der Waals surface area contributed by atoms with Crippen molar-refractivity contribution in [2.75, 3.05) is 13.2 Å². The summed E-state index contributed by atoms with van der Waals surface area (Å²) in [4.78, 5) is 0. The lowest BCUT2D eigenvalue weighted by Gasteiger charge is -2.06. The molecule has 16 heavy (non-hydrogen) atoms. The monoisotopic (exact) mass is 217 g/mol. The summed E-state index contributed by atoms with van der Waals surface area (Å²) < 4.78 is 7.33. The number of nitrogens with two attached hydrogens (primary N) is 1. The zero-order valence-corrected chi connectivity index (χ0v) is 9.04. The highest BCUT2D eigenvalue weighted by Crippen LogP contribution is 2.14. The third-order valence-electron chi connectivity index (χ3n) is 2.20. The van der Waals surface area contributed by atoms with E-state index in [4.69, 9.17) is 4.74 Å². The van der Waals surface area contributed by atoms with E-state index >= 15 is 0 Å². The Bertz CT molecular complexity index is 408. The van der Waals surface area contributed by atoms with E-state index in [-0.39, 0.29) is 0 Å². The Hall–Kier alpha value is -1.81. The first-order chi connectivity index (χ1) is 7.90. The molecule has 0 radical (unpaired) electrons. The minimum absolute atomic E-state index is 0.671. The van der Waals surface area contributed by atoms with Gasteiger partial charge in [0.1, 0.15) is 12.4 Å². The highest BCUT2D eigenvalue weighted by Gasteiger charge is 1.97. The Balaban J connectivity index is 2.00. The molecule has 0 amide bonds. The smallest absolute Gasteiger partial charge is 0.135 e. The van der Waals surface area contributed by atoms with Crippen molar-refractivity contribution < 1.29 is 10.1 Å². The Labute approximate surface area is 94.9 Å². The van der Waals surface area contributed by atoms with E-state index in [9.17, 15) is 0 Å². The van der Waals surface area contributed by atoms with E-state index in [1.54, 1.807) is 6.20 Å². The van der Waals surface area contributed by atoms with Gasteiger partial charge in [-0.15, -0.1) is 0 Å². The quantitative estimate of drug-likeness (QED) is 0.589. The second-order valence-electron chi connectivity index (χ2n) is 3.37. The molecule has 0 saturated carbocycles. The van der Waals surface area contributed by atoms with Gasteiger partial charge in [-0.2, -0.15) is 12.1 Å². The van der Waals surface area contributed by atoms with Gasteiger partial charge in [0.15, 0.2) is 0 Å². The van der Waals surface area contributed by atoms with Gasteiger partial charge in [0, 0.05) is 12.4 Å². The highest BCUT2D eigenvalue weighted by atomic mass is 16.5. The highest BCUT2D eigenvalue weighted by molar-refractivity contribution is 5.36. The molecular weight excluding hydrogens is 202 g/mol. The molecule has 4 heteroatoms. The standard InChI is InChI=1S/C12H15N3O/c1-13-8-10-16-12-5-3-11(4-6-12)15-9-2-7-14-15/h2-7,9H,1,8,10,13H2. The summed E-state index contributed by atoms with van der Waals surface area (Å²) in [6, 6.07) is 9.75. The largest absolute Gasteiger partial charge is 0.488 e. The molecule has 0 fully saturated rings. The van der Waals surface area contributed by atoms with Gasteiger partial charge < -0.3 is 10.1 Å². The predicted molar refractivity (Wildman–Crippen MR) is 61.2 cm³/mol. The number of benzene rings is 1. The summed E-state index contributed by atoms with van der Waals surface area (Å²) in [7, 11) is 3.65. The lowest BCUT2D eigenvalue weighted by atomic mass is 10.3. The zero-order valence-electron chi connectivity index (χ0n) is 9.04. The predicted octanol–water partition coefficient (Wildman–Crippen LogP) is 0.606. The molecular formula is C12H15N3O. The number of nitrogens with zero attached hydrogens (tertiary/aromatic N) is 2. The lowest BCUT2D eigenvalue weighted by Crippen LogP contribution is -2.78. The van der Waals surface area contributed by atoms with Crippen molar-refractivity contribution in [3.8, 4) is 11.4 Å². The van der Waals surface area contributed by atoms with Gasteiger partial charge in [-0.25, -0.2) is 4.68 Å². The summed E-state index contributed by atoms with van der Waals surface area (Å²) in [6.07, 6.45) is 3.67. The molecule has 0 atom stereocenters. The van der Waals surface area contributed by atoms with Gasteiger partial charge in [0.2, 0.25) is 0 Å². The maximum atomic E-state index is 5.52. The second kappa shape index (κ2) is 5.32. The van der Waals surface area contributed by atoms with Crippen LogP contribution in [0.4, 0.5) is 0 Å². The van der Waals surface area contributed by atoms with Gasteiger partial charge in [-0.1, -0.05) is 0 Å². The molecule has 0 saturated heterocycles. The molecule has 0 bridgehead atoms. The van der Waals surface area contributed by atoms with E-state index in [0.29, 0.717) is 6.61 Å². The first kappa shape index (κ1) is 10.7. The van der Waals surface area contributed by atoms with Crippen LogP contribution in [0.3, 0.4) is 0 Å². The van der Waals surface area contributed by atoms with E-state index in [2.05, 4.69) is 12.1 Å². The van der Waals surface area contributed by atoms with Crippen molar-refractivity contribution in [3.63, 3.8) is 0 Å². The lowest BCUT2D eigenvalue weighted by molar-refractivity contribution is -0.596. The Morgan fingerprint density at radius 3 is 2.75 bits per heavy atom. The Morgan fingerprint density at radius 2 is 2.12 bits per heavy atom. The molecule has 2 rings (SSSR count). The molecule has 1 aromatic carbocycles. The fourth-order valence-electron chi connectivity index (χ4n) is 1.38. The molecule has 0 unspecified atom stereocenters. The van der Waals surface area contributed by atoms with Crippen molar-refractivity contribution in [2.45, 2.75) is 0 Å². The first-order valence-electron chi connectivity index (χ1n) is 5.24. The van der Waals surface area contributed by atoms with E-state index < -0.39 is 0 Å². The third-order valence-corrected chi connectivity index (χ3v) is 2.20. The van der Waals surface area contributed by atoms with Crippen molar-refractivity contribution in [2.24, 2.45) is 0 Å². The van der Waals surface area contributed by atoms with Crippen LogP contribution in [-0.2, 0) is 0 Å². The third kappa shape index (κ3) is 2.61. The average molecular weight is 217 g/mol. The average Bonchev–Trinajstić information content (AvgIpc) is 2.84. The first-order valence-corrected chi connectivity index (χ1v) is 5.24. The van der Waals surface area contributed by atoms with Crippen LogP contribution in [-0.4, -0.2) is 22.9 Å². The molecule has 0 aliphatic heterocycles. The Morgan fingerprint density at radius 1 is 1.31 bits per heavy atom. The summed E-state index contributed by atoms with van der Waals surface area (Å²) in [5.74, 6) is 0.873. The maximum Gasteiger partial charge on any atom is 0.135 e. The maximum absolute atomic E-state index is 5.52. The van der Waals surface area contributed by atoms with Gasteiger partial charge in [0.05, 0.1) is 12.2 Å². The topological polar surface area (TPSA) is 43.7 Å². The van der Waals surface area contributed by atoms with Gasteiger partial charge in [0.25, 0.3) is 0 Å². The molecule has 2 N–H and O–H groups in total. The summed E-state index contributed by atoms with van der Waals surface area (Å²) in [5, 5.41) is 6.00. The molecule has 84 valence electrons. The van der Waals surface area contributed by atoms with Crippen LogP contribution >= 0.6 is 0 Å². The summed E-state index contributed by atoms with van der Waals surface area (Å²) >= 11 is 0. The number of hydrogen-bond donors (Lipinski definition) is 1. The molecule has 4 nitrogen and oxygen atoms in total. The molecule has 0 aliphatic rings. The number of quaternary nitrogens is 1. The van der Waals surface area contributed by atoms with E-state index in [1.165, 1.54) is 0 Å². The van der Waals surface area contributed by atoms with Gasteiger partial charge in [-0.05, 0) is 30.3 Å². The molecule has 0 spiro atoms. The fourth-order valence-corrected chi connectivity index (χ4v) is 1.38. The van der Waals surface area contributed by atoms with Crippen LogP contribution in [0.15, 0.2) is 42.7 Å². The van der Waals surface area contributed by atoms with Crippen molar-refractivity contribution >= 4 is 0 Å². The number of hydrogen-bond acceptors (Lipinski definition) is 2. The normalized spacial score (nSPS) is 10.3. The fraction of sp³-hybridized carbons (Fsp3) is 0.167. The number of ether oxygens (including phenoxy) is 1. The van der Waals surface area contributed by atoms with Crippen molar-refractivity contribution in [1.29, 1.82) is 0 Å². The molecule has 1 heterocycles. The van der Waals surface area contributed by atoms with Crippen molar-refractivity contribution in [3.05, 3.63) is 49.8 Å². The number of rotatable bonds is 5. The summed E-state index contributed by atoms with van der Waals surface area (Å²) in [5.41, 5.74) is 1.03. The zero-order chi connectivity index (χ0) is 11.2. The van der Waals surface area contributed by atoms with Crippen LogP contribution in [0, 0.1) is 7.05 Å². The SMILES string of the molecule is [CH2-][NH2+]CCOc1ccc(-n2cccn2)cc1. The molecule has 0 aliphatic carbocycles. The van der Waals surface area contributed by atoms with Crippen LogP contribution in [0.1, 0.15) is 0 Å². The molecule has 2 aromatic rings. The van der Waals surface area contributed by atoms with Crippen LogP contribution < -0.4 is 10.1 Å².